The molecule has 0 radical (unpaired) electrons. The van der Waals surface area contributed by atoms with Crippen molar-refractivity contribution in [3.63, 3.8) is 0 Å². The van der Waals surface area contributed by atoms with Gasteiger partial charge in [-0.2, -0.15) is 0 Å². The van der Waals surface area contributed by atoms with Crippen LogP contribution in [0.1, 0.15) is 17.9 Å². The third-order valence-corrected chi connectivity index (χ3v) is 1.96. The first kappa shape index (κ1) is 9.74. The zero-order valence-electron chi connectivity index (χ0n) is 7.31. The molecule has 3 N–H and O–H groups in total. The predicted molar refractivity (Wildman–Crippen MR) is 50.5 cm³/mol. The van der Waals surface area contributed by atoms with Crippen LogP contribution in [-0.4, -0.2) is 17.6 Å². The molecule has 0 saturated carbocycles. The highest BCUT2D eigenvalue weighted by atomic mass is 16.4. The first-order chi connectivity index (χ1) is 6.25. The number of aliphatic carboxylic acids is 1. The highest BCUT2D eigenvalue weighted by Crippen LogP contribution is 2.18. The summed E-state index contributed by atoms with van der Waals surface area (Å²) in [6.45, 7) is 0.395. The summed E-state index contributed by atoms with van der Waals surface area (Å²) in [4.78, 5) is 10.8. The van der Waals surface area contributed by atoms with E-state index in [1.807, 2.05) is 30.3 Å². The van der Waals surface area contributed by atoms with Gasteiger partial charge in [-0.25, -0.2) is 0 Å². The largest absolute Gasteiger partial charge is 0.481 e. The van der Waals surface area contributed by atoms with Crippen LogP contribution in [0.2, 0.25) is 0 Å². The quantitative estimate of drug-likeness (QED) is 0.730. The Balaban J connectivity index is 2.82. The Morgan fingerprint density at radius 1 is 1.38 bits per heavy atom. The zero-order chi connectivity index (χ0) is 9.68. The number of carbonyl (C=O) groups is 1. The lowest BCUT2D eigenvalue weighted by Gasteiger charge is -2.10. The van der Waals surface area contributed by atoms with E-state index in [2.05, 4.69) is 0 Å². The van der Waals surface area contributed by atoms with Crippen molar-refractivity contribution in [3.05, 3.63) is 35.9 Å². The number of hydrogen-bond acceptors (Lipinski definition) is 2. The Labute approximate surface area is 77.2 Å². The van der Waals surface area contributed by atoms with Gasteiger partial charge in [0.15, 0.2) is 0 Å². The van der Waals surface area contributed by atoms with Gasteiger partial charge < -0.3 is 10.8 Å². The molecule has 0 spiro atoms. The lowest BCUT2D eigenvalue weighted by Crippen LogP contribution is -2.15. The van der Waals surface area contributed by atoms with Crippen LogP contribution >= 0.6 is 0 Å². The van der Waals surface area contributed by atoms with Gasteiger partial charge in [-0.05, 0) is 18.5 Å². The summed E-state index contributed by atoms with van der Waals surface area (Å²) in [7, 11) is 0. The third-order valence-electron chi connectivity index (χ3n) is 1.96. The summed E-state index contributed by atoms with van der Waals surface area (Å²) in [5.41, 5.74) is 6.16. The Bertz CT molecular complexity index is 272. The predicted octanol–water partition coefficient (Wildman–Crippen LogP) is 1.20. The number of hydrogen-bond donors (Lipinski definition) is 2. The van der Waals surface area contributed by atoms with Crippen LogP contribution in [0, 0.1) is 0 Å². The Morgan fingerprint density at radius 2 is 2.00 bits per heavy atom. The van der Waals surface area contributed by atoms with Crippen molar-refractivity contribution in [2.75, 3.05) is 6.54 Å². The maximum atomic E-state index is 10.8. The van der Waals surface area contributed by atoms with Crippen LogP contribution < -0.4 is 5.73 Å². The molecule has 0 aromatic heterocycles. The second kappa shape index (κ2) is 4.62. The van der Waals surface area contributed by atoms with Crippen LogP contribution in [-0.2, 0) is 4.79 Å². The molecule has 1 aromatic rings. The van der Waals surface area contributed by atoms with Crippen molar-refractivity contribution >= 4 is 5.97 Å². The summed E-state index contributed by atoms with van der Waals surface area (Å²) >= 11 is 0. The molecule has 0 unspecified atom stereocenters. The van der Waals surface area contributed by atoms with Crippen molar-refractivity contribution in [2.24, 2.45) is 5.73 Å². The Morgan fingerprint density at radius 3 is 2.46 bits per heavy atom. The molecule has 0 heterocycles. The van der Waals surface area contributed by atoms with E-state index < -0.39 is 11.9 Å². The number of carboxylic acid groups (broad SMARTS) is 1. The summed E-state index contributed by atoms with van der Waals surface area (Å²) in [6, 6.07) is 9.16. The van der Waals surface area contributed by atoms with Crippen LogP contribution in [0.4, 0.5) is 0 Å². The fourth-order valence-electron chi connectivity index (χ4n) is 1.28. The molecule has 1 aromatic carbocycles. The van der Waals surface area contributed by atoms with E-state index in [0.29, 0.717) is 13.0 Å². The monoisotopic (exact) mass is 179 g/mol. The van der Waals surface area contributed by atoms with Crippen molar-refractivity contribution in [1.82, 2.24) is 0 Å². The van der Waals surface area contributed by atoms with Crippen LogP contribution in [0.25, 0.3) is 0 Å². The van der Waals surface area contributed by atoms with Crippen LogP contribution in [0.15, 0.2) is 30.3 Å². The molecule has 1 atom stereocenters. The first-order valence-electron chi connectivity index (χ1n) is 4.23. The number of nitrogens with two attached hydrogens (primary N) is 1. The third kappa shape index (κ3) is 2.56. The average Bonchev–Trinajstić information content (AvgIpc) is 2.15. The number of rotatable bonds is 4. The molecule has 0 aliphatic rings. The van der Waals surface area contributed by atoms with E-state index in [1.54, 1.807) is 0 Å². The van der Waals surface area contributed by atoms with Gasteiger partial charge in [0, 0.05) is 0 Å². The maximum Gasteiger partial charge on any atom is 0.311 e. The maximum absolute atomic E-state index is 10.8. The Hall–Kier alpha value is -1.35. The van der Waals surface area contributed by atoms with Crippen molar-refractivity contribution in [2.45, 2.75) is 12.3 Å². The van der Waals surface area contributed by atoms with Gasteiger partial charge in [-0.15, -0.1) is 0 Å². The first-order valence-corrected chi connectivity index (χ1v) is 4.23. The smallest absolute Gasteiger partial charge is 0.311 e. The summed E-state index contributed by atoms with van der Waals surface area (Å²) in [5, 5.41) is 8.90. The van der Waals surface area contributed by atoms with Gasteiger partial charge >= 0.3 is 5.97 Å². The van der Waals surface area contributed by atoms with Gasteiger partial charge in [0.2, 0.25) is 0 Å². The average molecular weight is 179 g/mol. The van der Waals surface area contributed by atoms with E-state index in [4.69, 9.17) is 10.8 Å². The van der Waals surface area contributed by atoms with E-state index in [9.17, 15) is 4.79 Å². The fraction of sp³-hybridized carbons (Fsp3) is 0.300. The summed E-state index contributed by atoms with van der Waals surface area (Å²) < 4.78 is 0. The van der Waals surface area contributed by atoms with Crippen molar-refractivity contribution in [3.8, 4) is 0 Å². The van der Waals surface area contributed by atoms with Gasteiger partial charge in [-0.1, -0.05) is 30.3 Å². The normalized spacial score (nSPS) is 12.4. The standard InChI is InChI=1S/C10H13NO2/c11-7-6-9(10(12)13)8-4-2-1-3-5-8/h1-5,9H,6-7,11H2,(H,12,13)/t9-/m1/s1. The molecule has 0 fully saturated rings. The molecule has 1 rings (SSSR count). The highest BCUT2D eigenvalue weighted by Gasteiger charge is 2.17. The number of carboxylic acids is 1. The van der Waals surface area contributed by atoms with E-state index in [0.717, 1.165) is 5.56 Å². The fourth-order valence-corrected chi connectivity index (χ4v) is 1.28. The molecular weight excluding hydrogens is 166 g/mol. The van der Waals surface area contributed by atoms with E-state index in [1.165, 1.54) is 0 Å². The molecule has 0 bridgehead atoms. The molecule has 0 aliphatic heterocycles. The minimum atomic E-state index is -0.809. The molecule has 3 nitrogen and oxygen atoms in total. The minimum absolute atomic E-state index is 0.395. The molecule has 3 heteroatoms. The zero-order valence-corrected chi connectivity index (χ0v) is 7.31. The molecule has 0 saturated heterocycles. The summed E-state index contributed by atoms with van der Waals surface area (Å²) in [6.07, 6.45) is 0.485. The lowest BCUT2D eigenvalue weighted by molar-refractivity contribution is -0.138. The minimum Gasteiger partial charge on any atom is -0.481 e. The second-order valence-corrected chi connectivity index (χ2v) is 2.88. The molecule has 13 heavy (non-hydrogen) atoms. The van der Waals surface area contributed by atoms with E-state index in [-0.39, 0.29) is 0 Å². The second-order valence-electron chi connectivity index (χ2n) is 2.88. The van der Waals surface area contributed by atoms with Gasteiger partial charge in [-0.3, -0.25) is 4.79 Å². The molecule has 0 amide bonds. The molecule has 70 valence electrons. The highest BCUT2D eigenvalue weighted by molar-refractivity contribution is 5.76. The van der Waals surface area contributed by atoms with Gasteiger partial charge in [0.25, 0.3) is 0 Å². The number of benzene rings is 1. The van der Waals surface area contributed by atoms with Gasteiger partial charge in [0.1, 0.15) is 0 Å². The lowest BCUT2D eigenvalue weighted by atomic mass is 9.96. The SMILES string of the molecule is NCC[C@@H](C(=O)O)c1ccccc1. The van der Waals surface area contributed by atoms with Gasteiger partial charge in [0.05, 0.1) is 5.92 Å². The van der Waals surface area contributed by atoms with E-state index >= 15 is 0 Å². The molecule has 0 aliphatic carbocycles. The van der Waals surface area contributed by atoms with Crippen molar-refractivity contribution < 1.29 is 9.90 Å². The van der Waals surface area contributed by atoms with Crippen LogP contribution in [0.3, 0.4) is 0 Å². The summed E-state index contributed by atoms with van der Waals surface area (Å²) in [5.74, 6) is -1.28. The topological polar surface area (TPSA) is 63.3 Å². The molecular formula is C10H13NO2. The van der Waals surface area contributed by atoms with Crippen LogP contribution in [0.5, 0.6) is 0 Å². The van der Waals surface area contributed by atoms with Crippen molar-refractivity contribution in [1.29, 1.82) is 0 Å². The Kier molecular flexibility index (Phi) is 3.46.